The lowest BCUT2D eigenvalue weighted by atomic mass is 9.89. The number of furan rings is 1. The molecule has 1 heterocycles. The van der Waals surface area contributed by atoms with Crippen LogP contribution in [0.15, 0.2) is 162 Å². The van der Waals surface area contributed by atoms with E-state index in [4.69, 9.17) is 4.42 Å². The molecule has 0 bridgehead atoms. The molecule has 9 aromatic rings. The molecule has 0 aliphatic heterocycles. The molecule has 208 valence electrons. The third kappa shape index (κ3) is 3.50. The van der Waals surface area contributed by atoms with Gasteiger partial charge in [-0.05, 0) is 95.4 Å². The van der Waals surface area contributed by atoms with Crippen molar-refractivity contribution >= 4 is 43.5 Å². The molecule has 10 rings (SSSR count). The molecule has 1 aromatic heterocycles. The van der Waals surface area contributed by atoms with Crippen LogP contribution in [-0.2, 0) is 0 Å². The van der Waals surface area contributed by atoms with Crippen LogP contribution in [0.5, 0.6) is 0 Å². The van der Waals surface area contributed by atoms with E-state index in [9.17, 15) is 0 Å². The van der Waals surface area contributed by atoms with Crippen LogP contribution in [0.1, 0.15) is 0 Å². The maximum Gasteiger partial charge on any atom is 0.136 e. The molecule has 1 nitrogen and oxygen atoms in total. The second kappa shape index (κ2) is 9.29. The second-order valence-electron chi connectivity index (χ2n) is 12.0. The SMILES string of the molecule is c1ccc(-c2ccc(-c3ccc4oc5cccc(-c6ccc7cccc8c7c6-c6ccccc6-8)c5c4c3)c3ccccc23)cc1. The third-order valence-electron chi connectivity index (χ3n) is 9.64. The van der Waals surface area contributed by atoms with Gasteiger partial charge >= 0.3 is 0 Å². The fraction of sp³-hybridized carbons (Fsp3) is 0. The van der Waals surface area contributed by atoms with E-state index in [2.05, 4.69) is 158 Å². The normalized spacial score (nSPS) is 12.0. The highest BCUT2D eigenvalue weighted by atomic mass is 16.3. The monoisotopic (exact) mass is 570 g/mol. The summed E-state index contributed by atoms with van der Waals surface area (Å²) in [4.78, 5) is 0. The first-order valence-electron chi connectivity index (χ1n) is 15.5. The van der Waals surface area contributed by atoms with Gasteiger partial charge in [0.1, 0.15) is 11.2 Å². The highest BCUT2D eigenvalue weighted by molar-refractivity contribution is 6.22. The van der Waals surface area contributed by atoms with Gasteiger partial charge in [0.2, 0.25) is 0 Å². The summed E-state index contributed by atoms with van der Waals surface area (Å²) in [7, 11) is 0. The summed E-state index contributed by atoms with van der Waals surface area (Å²) in [5.74, 6) is 0. The minimum Gasteiger partial charge on any atom is -0.456 e. The van der Waals surface area contributed by atoms with Gasteiger partial charge in [-0.1, -0.05) is 140 Å². The van der Waals surface area contributed by atoms with Gasteiger partial charge in [0.05, 0.1) is 0 Å². The number of hydrogen-bond acceptors (Lipinski definition) is 1. The van der Waals surface area contributed by atoms with E-state index < -0.39 is 0 Å². The Morgan fingerprint density at radius 3 is 1.78 bits per heavy atom. The van der Waals surface area contributed by atoms with Crippen LogP contribution in [0.4, 0.5) is 0 Å². The zero-order valence-corrected chi connectivity index (χ0v) is 24.4. The summed E-state index contributed by atoms with van der Waals surface area (Å²) < 4.78 is 6.51. The lowest BCUT2D eigenvalue weighted by Crippen LogP contribution is -1.87. The van der Waals surface area contributed by atoms with Crippen molar-refractivity contribution in [3.63, 3.8) is 0 Å². The molecule has 1 heteroatoms. The topological polar surface area (TPSA) is 13.1 Å². The van der Waals surface area contributed by atoms with E-state index in [1.165, 1.54) is 77.2 Å². The van der Waals surface area contributed by atoms with Crippen LogP contribution >= 0.6 is 0 Å². The van der Waals surface area contributed by atoms with Gasteiger partial charge in [-0.2, -0.15) is 0 Å². The van der Waals surface area contributed by atoms with Crippen molar-refractivity contribution in [3.05, 3.63) is 158 Å². The summed E-state index contributed by atoms with van der Waals surface area (Å²) in [6, 6.07) is 57.2. The molecule has 1 aliphatic rings. The first-order valence-corrected chi connectivity index (χ1v) is 15.5. The molecular formula is C44H26O. The summed E-state index contributed by atoms with van der Waals surface area (Å²) in [5, 5.41) is 7.43. The molecule has 0 amide bonds. The standard InChI is InChI=1S/C44H26O/c1-2-10-27(11-3-1)30-23-24-31(33-14-5-4-13-32(30)33)29-21-25-40-39(26-29)43-37(18-9-19-41(43)45-40)38-22-20-28-12-8-17-35-34-15-6-7-16-36(34)44(38)42(28)35/h1-26H. The Hall–Kier alpha value is -5.92. The van der Waals surface area contributed by atoms with Crippen molar-refractivity contribution in [3.8, 4) is 55.6 Å². The van der Waals surface area contributed by atoms with Gasteiger partial charge < -0.3 is 4.42 Å². The second-order valence-corrected chi connectivity index (χ2v) is 12.0. The molecule has 0 fully saturated rings. The highest BCUT2D eigenvalue weighted by Gasteiger charge is 2.25. The van der Waals surface area contributed by atoms with Crippen molar-refractivity contribution in [2.75, 3.05) is 0 Å². The quantitative estimate of drug-likeness (QED) is 0.206. The van der Waals surface area contributed by atoms with Gasteiger partial charge in [0.25, 0.3) is 0 Å². The lowest BCUT2D eigenvalue weighted by Gasteiger charge is -2.13. The van der Waals surface area contributed by atoms with Gasteiger partial charge in [-0.25, -0.2) is 0 Å². The Labute approximate surface area is 260 Å². The summed E-state index contributed by atoms with van der Waals surface area (Å²) in [6.45, 7) is 0. The predicted molar refractivity (Wildman–Crippen MR) is 189 cm³/mol. The van der Waals surface area contributed by atoms with Crippen molar-refractivity contribution in [2.24, 2.45) is 0 Å². The van der Waals surface area contributed by atoms with Gasteiger partial charge in [-0.3, -0.25) is 0 Å². The summed E-state index contributed by atoms with van der Waals surface area (Å²) in [6.07, 6.45) is 0. The smallest absolute Gasteiger partial charge is 0.136 e. The van der Waals surface area contributed by atoms with Crippen LogP contribution in [0.3, 0.4) is 0 Å². The molecule has 1 aliphatic carbocycles. The Balaban J connectivity index is 1.22. The highest BCUT2D eigenvalue weighted by Crippen LogP contribution is 2.52. The van der Waals surface area contributed by atoms with Crippen LogP contribution in [0.2, 0.25) is 0 Å². The zero-order valence-electron chi connectivity index (χ0n) is 24.4. The van der Waals surface area contributed by atoms with Crippen molar-refractivity contribution in [1.29, 1.82) is 0 Å². The van der Waals surface area contributed by atoms with E-state index in [-0.39, 0.29) is 0 Å². The van der Waals surface area contributed by atoms with Crippen molar-refractivity contribution in [1.82, 2.24) is 0 Å². The fourth-order valence-electron chi connectivity index (χ4n) is 7.68. The van der Waals surface area contributed by atoms with E-state index in [0.717, 1.165) is 21.9 Å². The molecule has 0 atom stereocenters. The molecule has 8 aromatic carbocycles. The predicted octanol–water partition coefficient (Wildman–Crippen LogP) is 12.5. The fourth-order valence-corrected chi connectivity index (χ4v) is 7.68. The van der Waals surface area contributed by atoms with Gasteiger partial charge in [-0.15, -0.1) is 0 Å². The van der Waals surface area contributed by atoms with Gasteiger partial charge in [0, 0.05) is 10.8 Å². The summed E-state index contributed by atoms with van der Waals surface area (Å²) >= 11 is 0. The van der Waals surface area contributed by atoms with Crippen molar-refractivity contribution in [2.45, 2.75) is 0 Å². The maximum absolute atomic E-state index is 6.51. The van der Waals surface area contributed by atoms with E-state index in [0.29, 0.717) is 0 Å². The molecular weight excluding hydrogens is 544 g/mol. The van der Waals surface area contributed by atoms with Crippen LogP contribution in [-0.4, -0.2) is 0 Å². The van der Waals surface area contributed by atoms with Crippen LogP contribution in [0.25, 0.3) is 99.1 Å². The minimum absolute atomic E-state index is 0.907. The Morgan fingerprint density at radius 1 is 0.311 bits per heavy atom. The maximum atomic E-state index is 6.51. The molecule has 0 saturated heterocycles. The van der Waals surface area contributed by atoms with Crippen LogP contribution in [0, 0.1) is 0 Å². The minimum atomic E-state index is 0.907. The molecule has 45 heavy (non-hydrogen) atoms. The first-order chi connectivity index (χ1) is 22.3. The Kier molecular flexibility index (Phi) is 5.06. The number of benzene rings is 8. The van der Waals surface area contributed by atoms with Crippen LogP contribution < -0.4 is 0 Å². The largest absolute Gasteiger partial charge is 0.456 e. The third-order valence-corrected chi connectivity index (χ3v) is 9.64. The molecule has 0 spiro atoms. The molecule has 0 radical (unpaired) electrons. The molecule has 0 unspecified atom stereocenters. The first kappa shape index (κ1) is 24.5. The number of rotatable bonds is 3. The average molecular weight is 571 g/mol. The van der Waals surface area contributed by atoms with Gasteiger partial charge in [0.15, 0.2) is 0 Å². The van der Waals surface area contributed by atoms with E-state index in [1.54, 1.807) is 0 Å². The number of hydrogen-bond donors (Lipinski definition) is 0. The Morgan fingerprint density at radius 2 is 0.956 bits per heavy atom. The lowest BCUT2D eigenvalue weighted by molar-refractivity contribution is 0.669. The number of fused-ring (bicyclic) bond motifs is 7. The van der Waals surface area contributed by atoms with Crippen molar-refractivity contribution < 1.29 is 4.42 Å². The molecule has 0 saturated carbocycles. The Bertz CT molecular complexity index is 2640. The van der Waals surface area contributed by atoms with E-state index >= 15 is 0 Å². The molecule has 0 N–H and O–H groups in total. The average Bonchev–Trinajstić information content (AvgIpc) is 3.65. The zero-order chi connectivity index (χ0) is 29.5. The summed E-state index contributed by atoms with van der Waals surface area (Å²) in [5.41, 5.74) is 14.4. The van der Waals surface area contributed by atoms with E-state index in [1.807, 2.05) is 0 Å².